The normalized spacial score (nSPS) is 23.5. The summed E-state index contributed by atoms with van der Waals surface area (Å²) >= 11 is 0. The molecule has 22 heavy (non-hydrogen) atoms. The number of rotatable bonds is 5. The van der Waals surface area contributed by atoms with Crippen molar-refractivity contribution in [1.82, 2.24) is 5.32 Å². The standard InChI is InChI=1S/C14H22F3NO4/c1-3-9(2)12(19)22-11-6-4-10(5-7-11)18-13(20)21-8-14(15,16)17/h9-11H,3-8H2,1-2H3,(H,18,20). The van der Waals surface area contributed by atoms with Gasteiger partial charge in [0.05, 0.1) is 5.92 Å². The molecule has 1 N–H and O–H groups in total. The maximum atomic E-state index is 11.9. The van der Waals surface area contributed by atoms with Crippen LogP contribution in [0.25, 0.3) is 0 Å². The molecule has 5 nitrogen and oxygen atoms in total. The van der Waals surface area contributed by atoms with Crippen molar-refractivity contribution < 1.29 is 32.2 Å². The van der Waals surface area contributed by atoms with Crippen molar-refractivity contribution in [3.63, 3.8) is 0 Å². The highest BCUT2D eigenvalue weighted by Crippen LogP contribution is 2.23. The lowest BCUT2D eigenvalue weighted by molar-refractivity contribution is -0.160. The Kier molecular flexibility index (Phi) is 6.96. The molecule has 1 saturated carbocycles. The minimum absolute atomic E-state index is 0.145. The van der Waals surface area contributed by atoms with Crippen molar-refractivity contribution in [2.45, 2.75) is 64.3 Å². The van der Waals surface area contributed by atoms with Gasteiger partial charge in [-0.05, 0) is 32.1 Å². The van der Waals surface area contributed by atoms with Gasteiger partial charge < -0.3 is 14.8 Å². The maximum absolute atomic E-state index is 11.9. The molecule has 128 valence electrons. The van der Waals surface area contributed by atoms with Crippen LogP contribution in [0.15, 0.2) is 0 Å². The SMILES string of the molecule is CCC(C)C(=O)OC1CCC(NC(=O)OCC(F)(F)F)CC1. The number of alkyl halides is 3. The average molecular weight is 325 g/mol. The van der Waals surface area contributed by atoms with Gasteiger partial charge in [0.25, 0.3) is 0 Å². The number of carbonyl (C=O) groups excluding carboxylic acids is 2. The Morgan fingerprint density at radius 2 is 1.82 bits per heavy atom. The summed E-state index contributed by atoms with van der Waals surface area (Å²) in [5, 5.41) is 2.40. The summed E-state index contributed by atoms with van der Waals surface area (Å²) in [7, 11) is 0. The molecule has 0 aromatic carbocycles. The lowest BCUT2D eigenvalue weighted by Crippen LogP contribution is -2.40. The first kappa shape index (κ1) is 18.6. The lowest BCUT2D eigenvalue weighted by Gasteiger charge is -2.29. The molecule has 1 aliphatic carbocycles. The Bertz CT molecular complexity index is 379. The van der Waals surface area contributed by atoms with Crippen molar-refractivity contribution in [2.24, 2.45) is 5.92 Å². The molecular weight excluding hydrogens is 303 g/mol. The summed E-state index contributed by atoms with van der Waals surface area (Å²) in [6.45, 7) is 2.10. The molecule has 0 heterocycles. The zero-order valence-electron chi connectivity index (χ0n) is 12.7. The third-order valence-corrected chi connectivity index (χ3v) is 3.66. The Balaban J connectivity index is 2.25. The van der Waals surface area contributed by atoms with Crippen LogP contribution in [0, 0.1) is 5.92 Å². The smallest absolute Gasteiger partial charge is 0.422 e. The Labute approximate surface area is 127 Å². The number of hydrogen-bond donors (Lipinski definition) is 1. The molecule has 1 rings (SSSR count). The molecule has 1 amide bonds. The topological polar surface area (TPSA) is 64.6 Å². The fraction of sp³-hybridized carbons (Fsp3) is 0.857. The first-order valence-corrected chi connectivity index (χ1v) is 7.41. The van der Waals surface area contributed by atoms with Gasteiger partial charge in [-0.25, -0.2) is 4.79 Å². The molecule has 0 aromatic rings. The summed E-state index contributed by atoms with van der Waals surface area (Å²) in [5.41, 5.74) is 0. The molecular formula is C14H22F3NO4. The summed E-state index contributed by atoms with van der Waals surface area (Å²) in [5.74, 6) is -0.378. The van der Waals surface area contributed by atoms with Gasteiger partial charge in [0.15, 0.2) is 6.61 Å². The number of alkyl carbamates (subject to hydrolysis) is 1. The van der Waals surface area contributed by atoms with Gasteiger partial charge in [-0.15, -0.1) is 0 Å². The van der Waals surface area contributed by atoms with Crippen molar-refractivity contribution in [1.29, 1.82) is 0 Å². The number of amides is 1. The molecule has 1 atom stereocenters. The van der Waals surface area contributed by atoms with Gasteiger partial charge in [-0.2, -0.15) is 13.2 Å². The molecule has 0 bridgehead atoms. The molecule has 1 unspecified atom stereocenters. The van der Waals surface area contributed by atoms with Crippen LogP contribution in [0.5, 0.6) is 0 Å². The largest absolute Gasteiger partial charge is 0.462 e. The van der Waals surface area contributed by atoms with E-state index in [0.717, 1.165) is 0 Å². The van der Waals surface area contributed by atoms with Gasteiger partial charge in [0.1, 0.15) is 6.10 Å². The van der Waals surface area contributed by atoms with Crippen LogP contribution >= 0.6 is 0 Å². The fourth-order valence-corrected chi connectivity index (χ4v) is 2.13. The third-order valence-electron chi connectivity index (χ3n) is 3.66. The Morgan fingerprint density at radius 1 is 1.23 bits per heavy atom. The van der Waals surface area contributed by atoms with Gasteiger partial charge in [-0.3, -0.25) is 4.79 Å². The van der Waals surface area contributed by atoms with Crippen LogP contribution in [-0.2, 0) is 14.3 Å². The number of halogens is 3. The van der Waals surface area contributed by atoms with Crippen molar-refractivity contribution in [3.8, 4) is 0 Å². The lowest BCUT2D eigenvalue weighted by atomic mass is 9.93. The Hall–Kier alpha value is -1.47. The number of ether oxygens (including phenoxy) is 2. The van der Waals surface area contributed by atoms with Crippen LogP contribution in [0.4, 0.5) is 18.0 Å². The van der Waals surface area contributed by atoms with Crippen LogP contribution in [0.1, 0.15) is 46.0 Å². The number of esters is 1. The number of hydrogen-bond acceptors (Lipinski definition) is 4. The van der Waals surface area contributed by atoms with E-state index in [1.54, 1.807) is 6.92 Å². The van der Waals surface area contributed by atoms with Crippen molar-refractivity contribution >= 4 is 12.1 Å². The van der Waals surface area contributed by atoms with E-state index in [4.69, 9.17) is 4.74 Å². The first-order valence-electron chi connectivity index (χ1n) is 7.41. The predicted molar refractivity (Wildman–Crippen MR) is 72.1 cm³/mol. The van der Waals surface area contributed by atoms with Gasteiger partial charge in [0, 0.05) is 6.04 Å². The van der Waals surface area contributed by atoms with E-state index in [0.29, 0.717) is 32.1 Å². The summed E-state index contributed by atoms with van der Waals surface area (Å²) in [4.78, 5) is 22.9. The zero-order chi connectivity index (χ0) is 16.8. The third kappa shape index (κ3) is 7.00. The van der Waals surface area contributed by atoms with E-state index in [1.807, 2.05) is 6.92 Å². The second-order valence-corrected chi connectivity index (χ2v) is 5.56. The maximum Gasteiger partial charge on any atom is 0.422 e. The summed E-state index contributed by atoms with van der Waals surface area (Å²) in [6, 6.07) is -0.251. The van der Waals surface area contributed by atoms with Gasteiger partial charge in [-0.1, -0.05) is 13.8 Å². The molecule has 0 spiro atoms. The highest BCUT2D eigenvalue weighted by atomic mass is 19.4. The minimum Gasteiger partial charge on any atom is -0.462 e. The number of nitrogens with one attached hydrogen (secondary N) is 1. The first-order chi connectivity index (χ1) is 10.2. The van der Waals surface area contributed by atoms with E-state index < -0.39 is 18.9 Å². The van der Waals surface area contributed by atoms with E-state index in [2.05, 4.69) is 10.1 Å². The second-order valence-electron chi connectivity index (χ2n) is 5.56. The monoisotopic (exact) mass is 325 g/mol. The number of carbonyl (C=O) groups is 2. The van der Waals surface area contributed by atoms with Gasteiger partial charge in [0.2, 0.25) is 0 Å². The molecule has 0 aromatic heterocycles. The minimum atomic E-state index is -4.53. The summed E-state index contributed by atoms with van der Waals surface area (Å²) < 4.78 is 45.2. The zero-order valence-corrected chi connectivity index (χ0v) is 12.7. The highest BCUT2D eigenvalue weighted by molar-refractivity contribution is 5.72. The quantitative estimate of drug-likeness (QED) is 0.789. The van der Waals surface area contributed by atoms with Crippen LogP contribution in [0.3, 0.4) is 0 Å². The van der Waals surface area contributed by atoms with Crippen LogP contribution in [0.2, 0.25) is 0 Å². The van der Waals surface area contributed by atoms with Gasteiger partial charge >= 0.3 is 18.2 Å². The molecule has 1 aliphatic rings. The Morgan fingerprint density at radius 3 is 2.32 bits per heavy atom. The van der Waals surface area contributed by atoms with Crippen molar-refractivity contribution in [2.75, 3.05) is 6.61 Å². The molecule has 1 fully saturated rings. The van der Waals surface area contributed by atoms with E-state index in [9.17, 15) is 22.8 Å². The molecule has 0 saturated heterocycles. The van der Waals surface area contributed by atoms with E-state index in [-0.39, 0.29) is 24.0 Å². The van der Waals surface area contributed by atoms with E-state index in [1.165, 1.54) is 0 Å². The van der Waals surface area contributed by atoms with E-state index >= 15 is 0 Å². The van der Waals surface area contributed by atoms with Crippen LogP contribution < -0.4 is 5.32 Å². The fourth-order valence-electron chi connectivity index (χ4n) is 2.13. The predicted octanol–water partition coefficient (Wildman–Crippen LogP) is 3.18. The second kappa shape index (κ2) is 8.24. The molecule has 8 heteroatoms. The average Bonchev–Trinajstić information content (AvgIpc) is 2.45. The molecule has 0 aliphatic heterocycles. The van der Waals surface area contributed by atoms with Crippen molar-refractivity contribution in [3.05, 3.63) is 0 Å². The molecule has 0 radical (unpaired) electrons. The summed E-state index contributed by atoms with van der Waals surface area (Å²) in [6.07, 6.45) is -2.85. The van der Waals surface area contributed by atoms with Crippen LogP contribution in [-0.4, -0.2) is 37.0 Å². The highest BCUT2D eigenvalue weighted by Gasteiger charge is 2.31.